The summed E-state index contributed by atoms with van der Waals surface area (Å²) < 4.78 is 24.3. The van der Waals surface area contributed by atoms with Crippen molar-refractivity contribution in [3.05, 3.63) is 55.7 Å². The SMILES string of the molecule is C=CC(=O)NCCCCOc1cc(C(=O)OCCCCCCCCCCCCCCCCCC)cc(OCCCCNC(=O)C=C)c1OCCCCNC(=O)C=C. The van der Waals surface area contributed by atoms with Crippen LogP contribution in [0.3, 0.4) is 0 Å². The number of ether oxygens (including phenoxy) is 4. The maximum atomic E-state index is 13.3. The van der Waals surface area contributed by atoms with Crippen molar-refractivity contribution in [1.82, 2.24) is 16.0 Å². The molecule has 0 unspecified atom stereocenters. The van der Waals surface area contributed by atoms with Crippen LogP contribution < -0.4 is 30.2 Å². The molecule has 57 heavy (non-hydrogen) atoms. The van der Waals surface area contributed by atoms with Crippen molar-refractivity contribution < 1.29 is 38.1 Å². The lowest BCUT2D eigenvalue weighted by Gasteiger charge is -2.19. The van der Waals surface area contributed by atoms with E-state index in [9.17, 15) is 19.2 Å². The highest BCUT2D eigenvalue weighted by Crippen LogP contribution is 2.40. The third kappa shape index (κ3) is 27.9. The molecular weight excluding hydrogens is 723 g/mol. The second-order valence-corrected chi connectivity index (χ2v) is 14.4. The summed E-state index contributed by atoms with van der Waals surface area (Å²) in [5.74, 6) is -0.0652. The molecule has 322 valence electrons. The average molecular weight is 798 g/mol. The van der Waals surface area contributed by atoms with Gasteiger partial charge in [0, 0.05) is 19.6 Å². The molecule has 0 aromatic heterocycles. The number of nitrogens with one attached hydrogen (secondary N) is 3. The fraction of sp³-hybridized carbons (Fsp3) is 0.652. The van der Waals surface area contributed by atoms with Gasteiger partial charge in [0.15, 0.2) is 11.5 Å². The Morgan fingerprint density at radius 1 is 0.474 bits per heavy atom. The zero-order chi connectivity index (χ0) is 41.6. The lowest BCUT2D eigenvalue weighted by Crippen LogP contribution is -2.22. The van der Waals surface area contributed by atoms with E-state index in [-0.39, 0.29) is 17.7 Å². The average Bonchev–Trinajstić information content (AvgIpc) is 3.22. The predicted octanol–water partition coefficient (Wildman–Crippen LogP) is 9.49. The second kappa shape index (κ2) is 36.1. The van der Waals surface area contributed by atoms with E-state index in [4.69, 9.17) is 18.9 Å². The maximum absolute atomic E-state index is 13.3. The van der Waals surface area contributed by atoms with Crippen LogP contribution in [0.25, 0.3) is 0 Å². The number of esters is 1. The van der Waals surface area contributed by atoms with Gasteiger partial charge in [-0.2, -0.15) is 0 Å². The quantitative estimate of drug-likeness (QED) is 0.0340. The summed E-state index contributed by atoms with van der Waals surface area (Å²) in [5.41, 5.74) is 0.299. The summed E-state index contributed by atoms with van der Waals surface area (Å²) in [4.78, 5) is 47.8. The van der Waals surface area contributed by atoms with Crippen LogP contribution >= 0.6 is 0 Å². The van der Waals surface area contributed by atoms with Crippen LogP contribution in [0.15, 0.2) is 50.1 Å². The molecule has 0 saturated heterocycles. The second-order valence-electron chi connectivity index (χ2n) is 14.4. The largest absolute Gasteiger partial charge is 0.490 e. The molecule has 0 aliphatic rings. The number of rotatable bonds is 39. The Bertz CT molecular complexity index is 1230. The van der Waals surface area contributed by atoms with Crippen molar-refractivity contribution in [2.75, 3.05) is 46.1 Å². The fourth-order valence-corrected chi connectivity index (χ4v) is 6.02. The van der Waals surface area contributed by atoms with Crippen LogP contribution in [0.5, 0.6) is 17.2 Å². The smallest absolute Gasteiger partial charge is 0.338 e. The minimum Gasteiger partial charge on any atom is -0.490 e. The van der Waals surface area contributed by atoms with E-state index in [2.05, 4.69) is 42.6 Å². The van der Waals surface area contributed by atoms with E-state index in [1.807, 2.05) is 0 Å². The molecule has 0 heterocycles. The maximum Gasteiger partial charge on any atom is 0.338 e. The van der Waals surface area contributed by atoms with Gasteiger partial charge in [-0.25, -0.2) is 4.79 Å². The van der Waals surface area contributed by atoms with Gasteiger partial charge in [0.25, 0.3) is 0 Å². The van der Waals surface area contributed by atoms with Crippen LogP contribution in [0.1, 0.15) is 159 Å². The number of unbranched alkanes of at least 4 members (excludes halogenated alkanes) is 18. The van der Waals surface area contributed by atoms with Gasteiger partial charge in [-0.05, 0) is 75.3 Å². The Labute approximate surface area is 344 Å². The van der Waals surface area contributed by atoms with Crippen molar-refractivity contribution in [3.8, 4) is 17.2 Å². The minimum atomic E-state index is -0.463. The Kier molecular flexibility index (Phi) is 32.1. The number of amides is 3. The molecule has 11 nitrogen and oxygen atoms in total. The van der Waals surface area contributed by atoms with E-state index >= 15 is 0 Å². The Hall–Kier alpha value is -4.28. The van der Waals surface area contributed by atoms with E-state index in [0.29, 0.717) is 107 Å². The minimum absolute atomic E-state index is 0.229. The Morgan fingerprint density at radius 2 is 0.807 bits per heavy atom. The van der Waals surface area contributed by atoms with Gasteiger partial charge in [-0.15, -0.1) is 0 Å². The fourth-order valence-electron chi connectivity index (χ4n) is 6.02. The topological polar surface area (TPSA) is 141 Å². The molecule has 0 fully saturated rings. The molecule has 0 saturated carbocycles. The first-order chi connectivity index (χ1) is 27.9. The number of benzene rings is 1. The molecule has 3 N–H and O–H groups in total. The van der Waals surface area contributed by atoms with Gasteiger partial charge in [0.1, 0.15) is 0 Å². The lowest BCUT2D eigenvalue weighted by atomic mass is 10.0. The highest BCUT2D eigenvalue weighted by Gasteiger charge is 2.20. The van der Waals surface area contributed by atoms with Gasteiger partial charge in [0.05, 0.1) is 32.0 Å². The summed E-state index contributed by atoms with van der Waals surface area (Å²) in [6.07, 6.45) is 28.0. The van der Waals surface area contributed by atoms with E-state index in [1.54, 1.807) is 12.1 Å². The van der Waals surface area contributed by atoms with Crippen LogP contribution in [-0.2, 0) is 19.1 Å². The monoisotopic (exact) mass is 798 g/mol. The number of hydrogen-bond donors (Lipinski definition) is 3. The molecule has 1 rings (SSSR count). The van der Waals surface area contributed by atoms with Crippen molar-refractivity contribution in [2.45, 2.75) is 148 Å². The third-order valence-electron chi connectivity index (χ3n) is 9.42. The van der Waals surface area contributed by atoms with Gasteiger partial charge in [-0.1, -0.05) is 123 Å². The van der Waals surface area contributed by atoms with E-state index in [1.165, 1.54) is 102 Å². The van der Waals surface area contributed by atoms with Crippen molar-refractivity contribution in [2.24, 2.45) is 0 Å². The molecule has 0 radical (unpaired) electrons. The summed E-state index contributed by atoms with van der Waals surface area (Å²) >= 11 is 0. The molecule has 0 bridgehead atoms. The van der Waals surface area contributed by atoms with Crippen molar-refractivity contribution >= 4 is 23.7 Å². The highest BCUT2D eigenvalue weighted by atomic mass is 16.5. The van der Waals surface area contributed by atoms with Crippen molar-refractivity contribution in [3.63, 3.8) is 0 Å². The Balaban J connectivity index is 2.76. The van der Waals surface area contributed by atoms with Gasteiger partial charge in [0.2, 0.25) is 23.5 Å². The van der Waals surface area contributed by atoms with E-state index < -0.39 is 5.97 Å². The summed E-state index contributed by atoms with van der Waals surface area (Å²) in [6, 6.07) is 3.26. The lowest BCUT2D eigenvalue weighted by molar-refractivity contribution is -0.117. The zero-order valence-electron chi connectivity index (χ0n) is 35.3. The summed E-state index contributed by atoms with van der Waals surface area (Å²) in [6.45, 7) is 15.4. The normalized spacial score (nSPS) is 10.6. The molecule has 0 spiro atoms. The van der Waals surface area contributed by atoms with Crippen LogP contribution in [0.4, 0.5) is 0 Å². The first-order valence-corrected chi connectivity index (χ1v) is 21.8. The molecule has 0 atom stereocenters. The van der Waals surface area contributed by atoms with Gasteiger partial charge in [-0.3, -0.25) is 14.4 Å². The number of carbonyl (C=O) groups is 4. The van der Waals surface area contributed by atoms with Crippen LogP contribution in [-0.4, -0.2) is 69.8 Å². The molecule has 3 amide bonds. The molecule has 1 aromatic rings. The van der Waals surface area contributed by atoms with Gasteiger partial charge >= 0.3 is 5.97 Å². The molecule has 11 heteroatoms. The predicted molar refractivity (Wildman–Crippen MR) is 230 cm³/mol. The molecule has 1 aromatic carbocycles. The van der Waals surface area contributed by atoms with Gasteiger partial charge < -0.3 is 34.9 Å². The number of carbonyl (C=O) groups excluding carboxylic acids is 4. The van der Waals surface area contributed by atoms with Crippen LogP contribution in [0.2, 0.25) is 0 Å². The van der Waals surface area contributed by atoms with Crippen molar-refractivity contribution in [1.29, 1.82) is 0 Å². The highest BCUT2D eigenvalue weighted by molar-refractivity contribution is 5.91. The summed E-state index contributed by atoms with van der Waals surface area (Å²) in [5, 5.41) is 8.27. The summed E-state index contributed by atoms with van der Waals surface area (Å²) in [7, 11) is 0. The first kappa shape index (κ1) is 50.7. The molecule has 0 aliphatic carbocycles. The van der Waals surface area contributed by atoms with Crippen LogP contribution in [0, 0.1) is 0 Å². The molecular formula is C46H75N3O8. The number of hydrogen-bond acceptors (Lipinski definition) is 8. The first-order valence-electron chi connectivity index (χ1n) is 21.8. The standard InChI is InChI=1S/C46H75N3O8/c1-5-9-10-11-12-13-14-15-16-17-18-19-20-21-22-26-36-57-46(53)39-37-40(54-33-27-23-30-47-42(50)6-2)45(56-35-29-25-32-49-44(52)8-4)41(38-39)55-34-28-24-31-48-43(51)7-3/h6-8,37-38H,2-5,9-36H2,1H3,(H,47,50)(H,48,51)(H,49,52). The van der Waals surface area contributed by atoms with E-state index in [0.717, 1.165) is 19.3 Å². The molecule has 0 aliphatic heterocycles. The Morgan fingerprint density at radius 3 is 1.18 bits per heavy atom. The third-order valence-corrected chi connectivity index (χ3v) is 9.42. The zero-order valence-corrected chi connectivity index (χ0v) is 35.3.